The predicted octanol–water partition coefficient (Wildman–Crippen LogP) is 5.47. The van der Waals surface area contributed by atoms with Crippen LogP contribution in [0.4, 0.5) is 5.69 Å². The quantitative estimate of drug-likeness (QED) is 0.542. The zero-order valence-corrected chi connectivity index (χ0v) is 18.5. The second-order valence-electron chi connectivity index (χ2n) is 8.18. The lowest BCUT2D eigenvalue weighted by Crippen LogP contribution is -3.04. The van der Waals surface area contributed by atoms with Crippen LogP contribution in [0.3, 0.4) is 0 Å². The lowest BCUT2D eigenvalue weighted by Gasteiger charge is -2.25. The number of rotatable bonds is 2. The second kappa shape index (κ2) is 7.12. The Kier molecular flexibility index (Phi) is 4.40. The van der Waals surface area contributed by atoms with Crippen molar-refractivity contribution in [1.82, 2.24) is 0 Å². The lowest BCUT2D eigenvalue weighted by atomic mass is 9.90. The average molecular weight is 419 g/mol. The fourth-order valence-corrected chi connectivity index (χ4v) is 7.96. The molecule has 3 aliphatic rings. The minimum atomic E-state index is 1.13. The van der Waals surface area contributed by atoms with E-state index in [9.17, 15) is 0 Å². The van der Waals surface area contributed by atoms with Crippen LogP contribution in [0.5, 0.6) is 0 Å². The van der Waals surface area contributed by atoms with E-state index in [0.29, 0.717) is 0 Å². The van der Waals surface area contributed by atoms with E-state index in [1.807, 2.05) is 23.1 Å². The summed E-state index contributed by atoms with van der Waals surface area (Å²) in [6.07, 6.45) is 6.12. The maximum absolute atomic E-state index is 2.59. The Balaban J connectivity index is 1.55. The molecule has 4 heterocycles. The summed E-state index contributed by atoms with van der Waals surface area (Å²) < 4.78 is 4.01. The normalized spacial score (nSPS) is 22.4. The number of fused-ring (bicyclic) bond motifs is 6. The van der Waals surface area contributed by atoms with Crippen LogP contribution in [0.15, 0.2) is 69.6 Å². The zero-order valence-electron chi connectivity index (χ0n) is 16.8. The number of para-hydroxylation sites is 2. The van der Waals surface area contributed by atoms with Gasteiger partial charge in [-0.05, 0) is 48.7 Å². The van der Waals surface area contributed by atoms with Gasteiger partial charge in [0.05, 0.1) is 11.4 Å². The Labute approximate surface area is 180 Å². The summed E-state index contributed by atoms with van der Waals surface area (Å²) in [7, 11) is 0. The molecule has 6 rings (SSSR count). The van der Waals surface area contributed by atoms with Crippen molar-refractivity contribution in [3.8, 4) is 0 Å². The van der Waals surface area contributed by atoms with Crippen molar-refractivity contribution in [2.75, 3.05) is 6.54 Å². The number of hydrogen-bond donors (Lipinski definition) is 1. The van der Waals surface area contributed by atoms with Crippen LogP contribution >= 0.6 is 23.1 Å². The second-order valence-corrected chi connectivity index (χ2v) is 10.3. The third-order valence-electron chi connectivity index (χ3n) is 6.58. The highest BCUT2D eigenvalue weighted by atomic mass is 32.2. The van der Waals surface area contributed by atoms with Crippen molar-refractivity contribution in [2.45, 2.75) is 50.5 Å². The molecule has 29 heavy (non-hydrogen) atoms. The topological polar surface area (TPSA) is 8.32 Å². The average Bonchev–Trinajstić information content (AvgIpc) is 3.34. The molecule has 146 valence electrons. The molecule has 2 nitrogen and oxygen atoms in total. The van der Waals surface area contributed by atoms with E-state index in [4.69, 9.17) is 0 Å². The number of allylic oxidation sites excluding steroid dienone is 3. The number of benzene rings is 2. The van der Waals surface area contributed by atoms with Gasteiger partial charge in [-0.15, -0.1) is 0 Å². The predicted molar refractivity (Wildman–Crippen MR) is 123 cm³/mol. The molecule has 0 amide bonds. The first-order valence-corrected chi connectivity index (χ1v) is 12.5. The molecular formula is C25H26N2S2+2. The van der Waals surface area contributed by atoms with Gasteiger partial charge in [-0.2, -0.15) is 4.57 Å². The highest BCUT2D eigenvalue weighted by Gasteiger charge is 2.38. The first-order chi connectivity index (χ1) is 14.3. The van der Waals surface area contributed by atoms with Gasteiger partial charge >= 0.3 is 0 Å². The van der Waals surface area contributed by atoms with Crippen LogP contribution in [0.2, 0.25) is 0 Å². The summed E-state index contributed by atoms with van der Waals surface area (Å²) in [4.78, 5) is 3.07. The van der Waals surface area contributed by atoms with Crippen LogP contribution in [0.1, 0.15) is 44.0 Å². The zero-order chi connectivity index (χ0) is 19.4. The molecule has 3 aliphatic heterocycles. The molecule has 1 unspecified atom stereocenters. The van der Waals surface area contributed by atoms with Crippen LogP contribution in [-0.2, 0) is 6.54 Å². The van der Waals surface area contributed by atoms with Crippen LogP contribution < -0.4 is 9.47 Å². The van der Waals surface area contributed by atoms with Gasteiger partial charge < -0.3 is 0 Å². The molecule has 0 bridgehead atoms. The number of thiazole rings is 1. The number of quaternary nitrogens is 1. The Hall–Kier alpha value is -1.88. The molecule has 0 saturated heterocycles. The van der Waals surface area contributed by atoms with Gasteiger partial charge in [-0.1, -0.05) is 42.5 Å². The molecular weight excluding hydrogens is 392 g/mol. The van der Waals surface area contributed by atoms with E-state index in [0.717, 1.165) is 13.0 Å². The maximum Gasteiger partial charge on any atom is 0.266 e. The Morgan fingerprint density at radius 3 is 2.83 bits per heavy atom. The minimum absolute atomic E-state index is 1.13. The highest BCUT2D eigenvalue weighted by Crippen LogP contribution is 2.44. The van der Waals surface area contributed by atoms with Crippen LogP contribution in [0, 0.1) is 0 Å². The number of aromatic nitrogens is 1. The molecule has 0 aliphatic carbocycles. The monoisotopic (exact) mass is 418 g/mol. The summed E-state index contributed by atoms with van der Waals surface area (Å²) in [6.45, 7) is 4.75. The SMILES string of the molecule is CC/C(C1=C2Sc3ccccc3[NH+]2CCC1)=C1/CCC[n+]2c1sc1ccccc12. The van der Waals surface area contributed by atoms with Gasteiger partial charge in [-0.25, -0.2) is 0 Å². The fraction of sp³-hybridized carbons (Fsp3) is 0.320. The third-order valence-corrected chi connectivity index (χ3v) is 9.08. The number of nitrogens with one attached hydrogen (secondary N) is 1. The molecule has 0 spiro atoms. The van der Waals surface area contributed by atoms with Gasteiger partial charge in [0, 0.05) is 36.1 Å². The molecule has 4 heteroatoms. The third kappa shape index (κ3) is 2.77. The van der Waals surface area contributed by atoms with Crippen molar-refractivity contribution < 1.29 is 9.47 Å². The van der Waals surface area contributed by atoms with Crippen molar-refractivity contribution in [1.29, 1.82) is 0 Å². The van der Waals surface area contributed by atoms with Gasteiger partial charge in [0.25, 0.3) is 5.01 Å². The van der Waals surface area contributed by atoms with E-state index in [2.05, 4.69) is 60.0 Å². The van der Waals surface area contributed by atoms with E-state index in [-0.39, 0.29) is 0 Å². The number of thioether (sulfide) groups is 1. The number of nitrogens with zero attached hydrogens (tertiary/aromatic N) is 1. The van der Waals surface area contributed by atoms with E-state index in [1.165, 1.54) is 58.0 Å². The molecule has 0 fully saturated rings. The first kappa shape index (κ1) is 17.9. The Bertz CT molecular complexity index is 1180. The van der Waals surface area contributed by atoms with Gasteiger partial charge in [-0.3, -0.25) is 4.90 Å². The molecule has 0 radical (unpaired) electrons. The summed E-state index contributed by atoms with van der Waals surface area (Å²) >= 11 is 4.02. The molecule has 1 atom stereocenters. The summed E-state index contributed by atoms with van der Waals surface area (Å²) in [5.74, 6) is 0. The Morgan fingerprint density at radius 2 is 1.90 bits per heavy atom. The van der Waals surface area contributed by atoms with Gasteiger partial charge in [0.2, 0.25) is 5.52 Å². The van der Waals surface area contributed by atoms with E-state index >= 15 is 0 Å². The van der Waals surface area contributed by atoms with Gasteiger partial charge in [0.15, 0.2) is 17.3 Å². The maximum atomic E-state index is 2.59. The standard InChI is InChI=1S/C25H25N2S2/c1-2-17(18-9-7-15-26-20-11-3-5-13-22(20)28-24(18)26)19-10-8-16-27-21-12-4-6-14-23(21)29-25(19)27/h3-6,11-14H,2,7-10,15-16H2,1H3/q+1/p+1. The largest absolute Gasteiger partial charge is 0.266 e. The molecule has 3 aromatic rings. The summed E-state index contributed by atoms with van der Waals surface area (Å²) in [5, 5.41) is 3.09. The molecule has 0 saturated carbocycles. The summed E-state index contributed by atoms with van der Waals surface area (Å²) in [6, 6.07) is 17.9. The number of aryl methyl sites for hydroxylation is 1. The molecule has 1 N–H and O–H groups in total. The van der Waals surface area contributed by atoms with Gasteiger partial charge in [0.1, 0.15) is 4.70 Å². The Morgan fingerprint density at radius 1 is 1.03 bits per heavy atom. The minimum Gasteiger partial charge on any atom is -0.263 e. The highest BCUT2D eigenvalue weighted by molar-refractivity contribution is 8.03. The molecule has 2 aromatic carbocycles. The van der Waals surface area contributed by atoms with Crippen LogP contribution in [-0.4, -0.2) is 6.54 Å². The first-order valence-electron chi connectivity index (χ1n) is 10.9. The fourth-order valence-electron chi connectivity index (χ4n) is 5.33. The lowest BCUT2D eigenvalue weighted by molar-refractivity contribution is -0.783. The summed E-state index contributed by atoms with van der Waals surface area (Å²) in [5.41, 5.74) is 7.82. The number of hydrogen-bond acceptors (Lipinski definition) is 2. The van der Waals surface area contributed by atoms with Crippen molar-refractivity contribution in [2.24, 2.45) is 0 Å². The van der Waals surface area contributed by atoms with Crippen molar-refractivity contribution >= 4 is 44.6 Å². The molecule has 1 aromatic heterocycles. The van der Waals surface area contributed by atoms with Crippen LogP contribution in [0.25, 0.3) is 15.8 Å². The van der Waals surface area contributed by atoms with E-state index in [1.54, 1.807) is 26.6 Å². The van der Waals surface area contributed by atoms with Crippen molar-refractivity contribution in [3.05, 3.63) is 69.7 Å². The smallest absolute Gasteiger partial charge is 0.263 e. The van der Waals surface area contributed by atoms with E-state index < -0.39 is 0 Å². The van der Waals surface area contributed by atoms with Crippen molar-refractivity contribution in [3.63, 3.8) is 0 Å².